The summed E-state index contributed by atoms with van der Waals surface area (Å²) >= 11 is 0. The predicted octanol–water partition coefficient (Wildman–Crippen LogP) is 3.84. The average molecular weight is 703 g/mol. The van der Waals surface area contributed by atoms with Crippen molar-refractivity contribution >= 4 is 10.4 Å². The van der Waals surface area contributed by atoms with Gasteiger partial charge in [-0.15, -0.1) is 0 Å². The Balaban J connectivity index is 1.28. The minimum absolute atomic E-state index is 0.0221. The first-order chi connectivity index (χ1) is 22.0. The number of fused-ring (bicyclic) bond motifs is 7. The molecule has 17 atom stereocenters. The molecule has 0 aromatic rings. The number of hydrogen-bond donors (Lipinski definition) is 6. The first kappa shape index (κ1) is 37.4. The average Bonchev–Trinajstić information content (AvgIpc) is 2.97. The van der Waals surface area contributed by atoms with E-state index in [0.29, 0.717) is 24.7 Å². The van der Waals surface area contributed by atoms with E-state index >= 15 is 0 Å². The zero-order valence-electron chi connectivity index (χ0n) is 30.1. The molecular formula is C36H62O11S. The molecule has 0 amide bonds. The summed E-state index contributed by atoms with van der Waals surface area (Å²) in [5.74, 6) is 1.38. The van der Waals surface area contributed by atoms with Crippen molar-refractivity contribution in [3.8, 4) is 0 Å². The van der Waals surface area contributed by atoms with Gasteiger partial charge in [0.1, 0.15) is 18.3 Å². The van der Waals surface area contributed by atoms with Gasteiger partial charge in [0.05, 0.1) is 24.4 Å². The maximum absolute atomic E-state index is 12.0. The molecule has 278 valence electrons. The molecule has 0 spiro atoms. The van der Waals surface area contributed by atoms with E-state index in [9.17, 15) is 38.5 Å². The van der Waals surface area contributed by atoms with Crippen LogP contribution < -0.4 is 0 Å². The second-order valence-corrected chi connectivity index (χ2v) is 19.8. The molecule has 48 heavy (non-hydrogen) atoms. The smallest absolute Gasteiger partial charge is 0.394 e. The first-order valence-electron chi connectivity index (χ1n) is 18.3. The largest absolute Gasteiger partial charge is 0.397 e. The highest BCUT2D eigenvalue weighted by molar-refractivity contribution is 7.80. The van der Waals surface area contributed by atoms with E-state index in [-0.39, 0.29) is 39.4 Å². The molecule has 0 aromatic carbocycles. The zero-order chi connectivity index (χ0) is 35.6. The third kappa shape index (κ3) is 5.32. The van der Waals surface area contributed by atoms with Crippen LogP contribution in [0.1, 0.15) is 113 Å². The summed E-state index contributed by atoms with van der Waals surface area (Å²) < 4.78 is 49.9. The minimum Gasteiger partial charge on any atom is -0.394 e. The molecule has 6 N–H and O–H groups in total. The van der Waals surface area contributed by atoms with Crippen LogP contribution in [0.5, 0.6) is 0 Å². The Hall–Kier alpha value is -0.410. The fourth-order valence-corrected chi connectivity index (χ4v) is 13.9. The van der Waals surface area contributed by atoms with Crippen molar-refractivity contribution in [2.45, 2.75) is 162 Å². The standard InChI is InChI=1S/C36H62O11S/c1-19-26-20-9-10-23-32(4)13-12-25(46-30-29(47-48(42,43)44)28(40)27(39)21(18-37)45-30)31(2,3)22(32)11-14-34(23,6)35(20,7)17-24(38)33(26,5)15-16-36(19,8)41/h19-30,37-41H,9-18H2,1-8H3,(H,42,43,44)/t19-,20+,21+,22-,23+,24-,25-,26+,27+,28-,29+,30-,32-,33+,34+,35+,36-/m0/s1. The Morgan fingerprint density at radius 2 is 1.48 bits per heavy atom. The Kier molecular flexibility index (Phi) is 9.18. The predicted molar refractivity (Wildman–Crippen MR) is 177 cm³/mol. The molecule has 0 unspecified atom stereocenters. The molecule has 6 aliphatic rings. The van der Waals surface area contributed by atoms with Gasteiger partial charge in [-0.05, 0) is 121 Å². The van der Waals surface area contributed by atoms with E-state index in [0.717, 1.165) is 44.9 Å². The lowest BCUT2D eigenvalue weighted by Crippen LogP contribution is -2.70. The van der Waals surface area contributed by atoms with Crippen LogP contribution in [0.2, 0.25) is 0 Å². The van der Waals surface area contributed by atoms with E-state index in [4.69, 9.17) is 13.7 Å². The third-order valence-electron chi connectivity index (χ3n) is 16.5. The van der Waals surface area contributed by atoms with Crippen molar-refractivity contribution in [3.05, 3.63) is 0 Å². The normalized spacial score (nSPS) is 56.7. The van der Waals surface area contributed by atoms with Crippen molar-refractivity contribution in [2.75, 3.05) is 6.61 Å². The van der Waals surface area contributed by atoms with Crippen LogP contribution in [-0.4, -0.2) is 93.6 Å². The lowest BCUT2D eigenvalue weighted by Gasteiger charge is -2.74. The first-order valence-corrected chi connectivity index (χ1v) is 19.7. The minimum atomic E-state index is -5.02. The molecule has 0 radical (unpaired) electrons. The Bertz CT molecular complexity index is 1340. The molecule has 0 aromatic heterocycles. The summed E-state index contributed by atoms with van der Waals surface area (Å²) in [5.41, 5.74) is -1.52. The van der Waals surface area contributed by atoms with E-state index in [2.05, 4.69) is 48.5 Å². The number of aliphatic hydroxyl groups is 5. The zero-order valence-corrected chi connectivity index (χ0v) is 30.9. The summed E-state index contributed by atoms with van der Waals surface area (Å²) in [6, 6.07) is 0. The van der Waals surface area contributed by atoms with Crippen LogP contribution in [0, 0.1) is 56.7 Å². The lowest BCUT2D eigenvalue weighted by atomic mass is 9.31. The summed E-state index contributed by atoms with van der Waals surface area (Å²) in [4.78, 5) is 0. The quantitative estimate of drug-likeness (QED) is 0.181. The second kappa shape index (κ2) is 11.8. The van der Waals surface area contributed by atoms with Gasteiger partial charge in [-0.3, -0.25) is 4.55 Å². The SMILES string of the molecule is C[C@H]1[C@@H]2[C@H]3CC[C@@H]4[C@@]5(C)CC[C@H](O[C@@H]6O[C@H](CO)[C@@H](O)[C@H](O)[C@H]6OS(=O)(=O)O)C(C)(C)[C@@H]5CC[C@@]4(C)[C@]3(C)C[C@H](O)[C@@]2(C)CC[C@]1(C)O. The van der Waals surface area contributed by atoms with Gasteiger partial charge in [0.2, 0.25) is 0 Å². The van der Waals surface area contributed by atoms with Gasteiger partial charge in [0.25, 0.3) is 0 Å². The van der Waals surface area contributed by atoms with E-state index in [1.807, 2.05) is 6.92 Å². The van der Waals surface area contributed by atoms with E-state index in [1.54, 1.807) is 0 Å². The summed E-state index contributed by atoms with van der Waals surface area (Å²) in [5, 5.41) is 54.4. The molecule has 5 saturated carbocycles. The van der Waals surface area contributed by atoms with Gasteiger partial charge < -0.3 is 35.0 Å². The van der Waals surface area contributed by atoms with Crippen molar-refractivity contribution in [1.82, 2.24) is 0 Å². The van der Waals surface area contributed by atoms with Crippen molar-refractivity contribution in [1.29, 1.82) is 0 Å². The van der Waals surface area contributed by atoms with Gasteiger partial charge in [-0.2, -0.15) is 8.42 Å². The van der Waals surface area contributed by atoms with Gasteiger partial charge in [-0.25, -0.2) is 4.18 Å². The van der Waals surface area contributed by atoms with E-state index < -0.39 is 70.9 Å². The van der Waals surface area contributed by atoms with Gasteiger partial charge in [0.15, 0.2) is 12.4 Å². The van der Waals surface area contributed by atoms with Gasteiger partial charge in [0, 0.05) is 0 Å². The summed E-state index contributed by atoms with van der Waals surface area (Å²) in [6.45, 7) is 17.5. The molecule has 5 aliphatic carbocycles. The topological polar surface area (TPSA) is 183 Å². The molecule has 6 fully saturated rings. The van der Waals surface area contributed by atoms with Crippen LogP contribution in [0.3, 0.4) is 0 Å². The van der Waals surface area contributed by atoms with Crippen molar-refractivity contribution in [2.24, 2.45) is 56.7 Å². The maximum atomic E-state index is 12.0. The monoisotopic (exact) mass is 702 g/mol. The summed E-state index contributed by atoms with van der Waals surface area (Å²) in [6.07, 6.45) is -0.755. The number of rotatable bonds is 5. The number of aliphatic hydroxyl groups excluding tert-OH is 4. The molecule has 1 aliphatic heterocycles. The fourth-order valence-electron chi connectivity index (χ4n) is 13.4. The van der Waals surface area contributed by atoms with Crippen LogP contribution >= 0.6 is 0 Å². The number of hydrogen-bond acceptors (Lipinski definition) is 10. The Morgan fingerprint density at radius 3 is 2.10 bits per heavy atom. The van der Waals surface area contributed by atoms with Crippen molar-refractivity contribution in [3.63, 3.8) is 0 Å². The Morgan fingerprint density at radius 1 is 0.812 bits per heavy atom. The van der Waals surface area contributed by atoms with E-state index in [1.165, 1.54) is 0 Å². The molecule has 12 heteroatoms. The molecule has 1 heterocycles. The molecule has 0 bridgehead atoms. The Labute approximate surface area is 287 Å². The number of ether oxygens (including phenoxy) is 2. The highest BCUT2D eigenvalue weighted by Gasteiger charge is 2.72. The van der Waals surface area contributed by atoms with Crippen LogP contribution in [0.4, 0.5) is 0 Å². The van der Waals surface area contributed by atoms with Gasteiger partial charge >= 0.3 is 10.4 Å². The second-order valence-electron chi connectivity index (χ2n) is 18.7. The highest BCUT2D eigenvalue weighted by Crippen LogP contribution is 2.77. The fraction of sp³-hybridized carbons (Fsp3) is 1.00. The molecule has 1 saturated heterocycles. The summed E-state index contributed by atoms with van der Waals surface area (Å²) in [7, 11) is -5.02. The maximum Gasteiger partial charge on any atom is 0.397 e. The van der Waals surface area contributed by atoms with Crippen LogP contribution in [0.25, 0.3) is 0 Å². The lowest BCUT2D eigenvalue weighted by molar-refractivity contribution is -0.329. The molecule has 11 nitrogen and oxygen atoms in total. The molecule has 6 rings (SSSR count). The van der Waals surface area contributed by atoms with Crippen LogP contribution in [0.15, 0.2) is 0 Å². The van der Waals surface area contributed by atoms with Gasteiger partial charge in [-0.1, -0.05) is 48.5 Å². The highest BCUT2D eigenvalue weighted by atomic mass is 32.3. The van der Waals surface area contributed by atoms with Crippen molar-refractivity contribution < 1.29 is 52.2 Å². The third-order valence-corrected chi connectivity index (χ3v) is 17.0. The molecular weight excluding hydrogens is 640 g/mol. The van der Waals surface area contributed by atoms with Crippen LogP contribution in [-0.2, 0) is 24.1 Å².